The van der Waals surface area contributed by atoms with Crippen LogP contribution in [0.1, 0.15) is 61.1 Å². The Morgan fingerprint density at radius 2 is 1.62 bits per heavy atom. The number of halogens is 5. The van der Waals surface area contributed by atoms with Crippen molar-refractivity contribution in [2.45, 2.75) is 50.9 Å². The van der Waals surface area contributed by atoms with Gasteiger partial charge in [-0.3, -0.25) is 0 Å². The van der Waals surface area contributed by atoms with Crippen molar-refractivity contribution in [3.8, 4) is 0 Å². The molecule has 0 radical (unpaired) electrons. The summed E-state index contributed by atoms with van der Waals surface area (Å²) in [6.07, 6.45) is 7.52. The van der Waals surface area contributed by atoms with Crippen LogP contribution in [0, 0.1) is 40.9 Å². The summed E-state index contributed by atoms with van der Waals surface area (Å²) in [5, 5.41) is 0. The molecule has 0 saturated heterocycles. The molecule has 154 valence electrons. The highest BCUT2D eigenvalue weighted by Gasteiger charge is 2.43. The summed E-state index contributed by atoms with van der Waals surface area (Å²) in [5.74, 6) is -5.31. The molecule has 1 saturated carbocycles. The molecule has 0 nitrogen and oxygen atoms in total. The summed E-state index contributed by atoms with van der Waals surface area (Å²) in [6, 6.07) is 4.48. The molecule has 1 fully saturated rings. The van der Waals surface area contributed by atoms with Crippen LogP contribution in [0.25, 0.3) is 0 Å². The Bertz CT molecular complexity index is 926. The van der Waals surface area contributed by atoms with Crippen LogP contribution in [0.5, 0.6) is 0 Å². The lowest BCUT2D eigenvalue weighted by Crippen LogP contribution is -2.35. The first-order valence-corrected chi connectivity index (χ1v) is 10.2. The van der Waals surface area contributed by atoms with Gasteiger partial charge in [-0.15, -0.1) is 0 Å². The maximum atomic E-state index is 14.3. The number of hydrogen-bond donors (Lipinski definition) is 0. The fraction of sp³-hybridized carbons (Fsp3) is 0.417. The Kier molecular flexibility index (Phi) is 5.50. The normalized spacial score (nSPS) is 26.4. The van der Waals surface area contributed by atoms with E-state index in [0.717, 1.165) is 37.5 Å². The van der Waals surface area contributed by atoms with Crippen molar-refractivity contribution >= 4 is 0 Å². The van der Waals surface area contributed by atoms with E-state index in [4.69, 9.17) is 0 Å². The molecular formula is C24H23F5. The Morgan fingerprint density at radius 1 is 0.897 bits per heavy atom. The Morgan fingerprint density at radius 3 is 2.31 bits per heavy atom. The van der Waals surface area contributed by atoms with E-state index in [1.165, 1.54) is 6.07 Å². The Labute approximate surface area is 167 Å². The van der Waals surface area contributed by atoms with Gasteiger partial charge < -0.3 is 0 Å². The van der Waals surface area contributed by atoms with E-state index in [1.54, 1.807) is 0 Å². The smallest absolute Gasteiger partial charge is 0.194 e. The molecule has 0 bridgehead atoms. The van der Waals surface area contributed by atoms with Crippen molar-refractivity contribution in [1.29, 1.82) is 0 Å². The fourth-order valence-electron chi connectivity index (χ4n) is 5.42. The number of allylic oxidation sites excluding steroid dienone is 2. The molecule has 0 amide bonds. The van der Waals surface area contributed by atoms with Crippen molar-refractivity contribution in [2.75, 3.05) is 0 Å². The first kappa shape index (κ1) is 20.1. The summed E-state index contributed by atoms with van der Waals surface area (Å²) < 4.78 is 69.8. The highest BCUT2D eigenvalue weighted by molar-refractivity contribution is 5.38. The first-order chi connectivity index (χ1) is 13.9. The van der Waals surface area contributed by atoms with E-state index in [2.05, 4.69) is 6.08 Å². The molecule has 0 heterocycles. The van der Waals surface area contributed by atoms with Crippen molar-refractivity contribution < 1.29 is 22.0 Å². The van der Waals surface area contributed by atoms with Gasteiger partial charge in [0.2, 0.25) is 0 Å². The van der Waals surface area contributed by atoms with Gasteiger partial charge >= 0.3 is 0 Å². The third kappa shape index (κ3) is 3.60. The average Bonchev–Trinajstić information content (AvgIpc) is 2.69. The molecule has 29 heavy (non-hydrogen) atoms. The number of hydrogen-bond acceptors (Lipinski definition) is 0. The lowest BCUT2D eigenvalue weighted by atomic mass is 9.58. The van der Waals surface area contributed by atoms with Gasteiger partial charge in [0.1, 0.15) is 11.6 Å². The number of benzene rings is 2. The highest BCUT2D eigenvalue weighted by Crippen LogP contribution is 2.54. The molecule has 4 unspecified atom stereocenters. The fourth-order valence-corrected chi connectivity index (χ4v) is 5.42. The number of rotatable bonds is 3. The Hall–Kier alpha value is -2.17. The molecule has 0 N–H and O–H groups in total. The van der Waals surface area contributed by atoms with Crippen LogP contribution in [-0.4, -0.2) is 0 Å². The van der Waals surface area contributed by atoms with Gasteiger partial charge in [-0.25, -0.2) is 22.0 Å². The molecule has 0 aromatic heterocycles. The second-order valence-electron chi connectivity index (χ2n) is 8.17. The van der Waals surface area contributed by atoms with Crippen LogP contribution >= 0.6 is 0 Å². The zero-order valence-electron chi connectivity index (χ0n) is 16.2. The van der Waals surface area contributed by atoms with Gasteiger partial charge in [-0.2, -0.15) is 0 Å². The molecule has 4 atom stereocenters. The number of fused-ring (bicyclic) bond motifs is 3. The minimum atomic E-state index is -1.47. The largest absolute Gasteiger partial charge is 0.207 e. The van der Waals surface area contributed by atoms with Crippen LogP contribution in [0.15, 0.2) is 36.4 Å². The van der Waals surface area contributed by atoms with E-state index in [-0.39, 0.29) is 23.7 Å². The van der Waals surface area contributed by atoms with Gasteiger partial charge in [0.25, 0.3) is 0 Å². The summed E-state index contributed by atoms with van der Waals surface area (Å²) in [6.45, 7) is 2.01. The van der Waals surface area contributed by atoms with Gasteiger partial charge in [0.15, 0.2) is 17.5 Å². The molecule has 0 spiro atoms. The SMILES string of the molecule is CCC=CC1CCC2c3cc(F)cc(F)c3CCC2C1c1cc(F)c(F)c(F)c1. The molecule has 4 rings (SSSR count). The molecule has 0 aliphatic heterocycles. The van der Waals surface area contributed by atoms with Gasteiger partial charge in [0, 0.05) is 6.07 Å². The van der Waals surface area contributed by atoms with Crippen LogP contribution in [0.4, 0.5) is 22.0 Å². The van der Waals surface area contributed by atoms with Crippen molar-refractivity contribution in [2.24, 2.45) is 11.8 Å². The average molecular weight is 406 g/mol. The first-order valence-electron chi connectivity index (χ1n) is 10.2. The third-order valence-electron chi connectivity index (χ3n) is 6.58. The summed E-state index contributed by atoms with van der Waals surface area (Å²) in [4.78, 5) is 0. The van der Waals surface area contributed by atoms with Crippen LogP contribution < -0.4 is 0 Å². The maximum Gasteiger partial charge on any atom is 0.194 e. The minimum Gasteiger partial charge on any atom is -0.207 e. The van der Waals surface area contributed by atoms with Crippen molar-refractivity contribution in [3.63, 3.8) is 0 Å². The summed E-state index contributed by atoms with van der Waals surface area (Å²) in [7, 11) is 0. The zero-order valence-corrected chi connectivity index (χ0v) is 16.2. The van der Waals surface area contributed by atoms with E-state index in [9.17, 15) is 22.0 Å². The van der Waals surface area contributed by atoms with Crippen molar-refractivity contribution in [1.82, 2.24) is 0 Å². The second-order valence-corrected chi connectivity index (χ2v) is 8.17. The highest BCUT2D eigenvalue weighted by atomic mass is 19.2. The van der Waals surface area contributed by atoms with E-state index < -0.39 is 29.1 Å². The summed E-state index contributed by atoms with van der Waals surface area (Å²) in [5.41, 5.74) is 1.64. The molecule has 2 aliphatic carbocycles. The third-order valence-corrected chi connectivity index (χ3v) is 6.58. The molecule has 2 aromatic carbocycles. The van der Waals surface area contributed by atoms with E-state index >= 15 is 0 Å². The van der Waals surface area contributed by atoms with Crippen molar-refractivity contribution in [3.05, 3.63) is 82.2 Å². The molecular weight excluding hydrogens is 383 g/mol. The standard InChI is InChI=1S/C24H23F5/c1-2-3-4-13-5-6-16-18(8-7-17-19(16)11-15(25)12-20(17)26)23(13)14-9-21(27)24(29)22(28)10-14/h3-4,9-13,16,18,23H,2,5-8H2,1H3. The zero-order chi connectivity index (χ0) is 20.7. The lowest BCUT2D eigenvalue weighted by Gasteiger charge is -2.46. The predicted octanol–water partition coefficient (Wildman–Crippen LogP) is 7.19. The molecule has 2 aromatic rings. The molecule has 2 aliphatic rings. The van der Waals surface area contributed by atoms with Crippen LogP contribution in [0.2, 0.25) is 0 Å². The van der Waals surface area contributed by atoms with Gasteiger partial charge in [-0.1, -0.05) is 19.1 Å². The maximum absolute atomic E-state index is 14.3. The van der Waals surface area contributed by atoms with Gasteiger partial charge in [0.05, 0.1) is 0 Å². The second kappa shape index (κ2) is 7.92. The molecule has 5 heteroatoms. The predicted molar refractivity (Wildman–Crippen MR) is 102 cm³/mol. The van der Waals surface area contributed by atoms with Gasteiger partial charge in [-0.05, 0) is 90.7 Å². The van der Waals surface area contributed by atoms with Crippen LogP contribution in [-0.2, 0) is 6.42 Å². The van der Waals surface area contributed by atoms with E-state index in [0.29, 0.717) is 29.5 Å². The lowest BCUT2D eigenvalue weighted by molar-refractivity contribution is 0.193. The Balaban J connectivity index is 1.80. The van der Waals surface area contributed by atoms with Crippen LogP contribution in [0.3, 0.4) is 0 Å². The summed E-state index contributed by atoms with van der Waals surface area (Å²) >= 11 is 0. The monoisotopic (exact) mass is 406 g/mol. The topological polar surface area (TPSA) is 0 Å². The quantitative estimate of drug-likeness (QED) is 0.288. The minimum absolute atomic E-state index is 0.0202. The van der Waals surface area contributed by atoms with E-state index in [1.807, 2.05) is 13.0 Å².